The van der Waals surface area contributed by atoms with Crippen molar-refractivity contribution in [2.45, 2.75) is 43.1 Å². The number of hydrogen-bond donors (Lipinski definition) is 2. The van der Waals surface area contributed by atoms with E-state index in [1.807, 2.05) is 22.9 Å². The molecule has 1 heterocycles. The third-order valence-electron chi connectivity index (χ3n) is 4.27. The van der Waals surface area contributed by atoms with E-state index in [1.54, 1.807) is 12.1 Å². The quantitative estimate of drug-likeness (QED) is 0.841. The number of fused-ring (bicyclic) bond motifs is 1. The lowest BCUT2D eigenvalue weighted by molar-refractivity contribution is 0.169. The molecule has 1 atom stereocenters. The Morgan fingerprint density at radius 3 is 2.70 bits per heavy atom. The molecule has 0 saturated carbocycles. The number of aliphatic hydroxyl groups excluding tert-OH is 1. The van der Waals surface area contributed by atoms with Crippen molar-refractivity contribution < 1.29 is 13.5 Å². The Bertz CT molecular complexity index is 754. The van der Waals surface area contributed by atoms with Gasteiger partial charge in [0, 0.05) is 6.54 Å². The van der Waals surface area contributed by atoms with Gasteiger partial charge in [-0.2, -0.15) is 11.3 Å². The zero-order valence-corrected chi connectivity index (χ0v) is 14.5. The average Bonchev–Trinajstić information content (AvgIpc) is 3.08. The number of hydrogen-bond acceptors (Lipinski definition) is 4. The van der Waals surface area contributed by atoms with Gasteiger partial charge in [-0.15, -0.1) is 0 Å². The molecule has 2 aromatic rings. The molecule has 23 heavy (non-hydrogen) atoms. The summed E-state index contributed by atoms with van der Waals surface area (Å²) in [5, 5.41) is 13.8. The summed E-state index contributed by atoms with van der Waals surface area (Å²) in [7, 11) is -3.52. The molecule has 1 aromatic heterocycles. The maximum absolute atomic E-state index is 12.4. The van der Waals surface area contributed by atoms with Gasteiger partial charge in [-0.25, -0.2) is 13.1 Å². The van der Waals surface area contributed by atoms with Crippen LogP contribution in [-0.4, -0.2) is 20.1 Å². The summed E-state index contributed by atoms with van der Waals surface area (Å²) in [6.45, 7) is 0.219. The van der Waals surface area contributed by atoms with Gasteiger partial charge in [-0.3, -0.25) is 0 Å². The first-order chi connectivity index (χ1) is 11.1. The molecule has 0 aliphatic heterocycles. The molecular weight excluding hydrogens is 330 g/mol. The molecule has 0 spiro atoms. The van der Waals surface area contributed by atoms with E-state index in [2.05, 4.69) is 4.72 Å². The molecule has 4 nitrogen and oxygen atoms in total. The largest absolute Gasteiger partial charge is 0.388 e. The Morgan fingerprint density at radius 2 is 1.96 bits per heavy atom. The maximum Gasteiger partial charge on any atom is 0.240 e. The fourth-order valence-electron chi connectivity index (χ4n) is 2.92. The van der Waals surface area contributed by atoms with Crippen LogP contribution in [-0.2, 0) is 22.9 Å². The summed E-state index contributed by atoms with van der Waals surface area (Å²) in [6.07, 6.45) is 4.02. The van der Waals surface area contributed by atoms with E-state index in [9.17, 15) is 13.5 Å². The number of thiophene rings is 1. The van der Waals surface area contributed by atoms with E-state index in [0.29, 0.717) is 11.3 Å². The van der Waals surface area contributed by atoms with Crippen LogP contribution in [0.25, 0.3) is 0 Å². The van der Waals surface area contributed by atoms with E-state index in [-0.39, 0.29) is 6.54 Å². The summed E-state index contributed by atoms with van der Waals surface area (Å²) < 4.78 is 27.4. The van der Waals surface area contributed by atoms with Gasteiger partial charge in [-0.05, 0) is 77.8 Å². The van der Waals surface area contributed by atoms with Crippen molar-refractivity contribution in [3.63, 3.8) is 0 Å². The molecule has 1 aromatic carbocycles. The van der Waals surface area contributed by atoms with Crippen molar-refractivity contribution in [3.05, 3.63) is 51.7 Å². The van der Waals surface area contributed by atoms with E-state index in [4.69, 9.17) is 0 Å². The maximum atomic E-state index is 12.4. The summed E-state index contributed by atoms with van der Waals surface area (Å²) in [4.78, 5) is 0.322. The molecule has 0 amide bonds. The molecule has 0 fully saturated rings. The fraction of sp³-hybridized carbons (Fsp3) is 0.412. The molecule has 1 aliphatic rings. The summed E-state index contributed by atoms with van der Waals surface area (Å²) in [5.74, 6) is 0. The van der Waals surface area contributed by atoms with Crippen LogP contribution in [0.15, 0.2) is 39.9 Å². The van der Waals surface area contributed by atoms with Crippen LogP contribution < -0.4 is 4.72 Å². The number of benzene rings is 1. The lowest BCUT2D eigenvalue weighted by atomic mass is 9.92. The molecule has 0 saturated heterocycles. The van der Waals surface area contributed by atoms with Crippen molar-refractivity contribution in [1.29, 1.82) is 0 Å². The second kappa shape index (κ2) is 7.13. The SMILES string of the molecule is O=S(=O)(NCC[C@@H](O)c1ccsc1)c1ccc2c(c1)CCCC2. The third kappa shape index (κ3) is 4.01. The lowest BCUT2D eigenvalue weighted by Crippen LogP contribution is -2.26. The van der Waals surface area contributed by atoms with E-state index < -0.39 is 16.1 Å². The number of aliphatic hydroxyl groups is 1. The van der Waals surface area contributed by atoms with Crippen LogP contribution in [0, 0.1) is 0 Å². The van der Waals surface area contributed by atoms with Gasteiger partial charge < -0.3 is 5.11 Å². The molecule has 6 heteroatoms. The fourth-order valence-corrected chi connectivity index (χ4v) is 4.73. The standard InChI is InChI=1S/C17H21NO3S2/c19-17(15-8-10-22-12-15)7-9-18-23(20,21)16-6-5-13-3-1-2-4-14(13)11-16/h5-6,8,10-12,17-19H,1-4,7,9H2/t17-/m1/s1. The monoisotopic (exact) mass is 351 g/mol. The minimum Gasteiger partial charge on any atom is -0.388 e. The number of nitrogens with one attached hydrogen (secondary N) is 1. The van der Waals surface area contributed by atoms with Crippen LogP contribution in [0.3, 0.4) is 0 Å². The summed E-state index contributed by atoms with van der Waals surface area (Å²) in [6, 6.07) is 7.27. The molecule has 124 valence electrons. The van der Waals surface area contributed by atoms with Gasteiger partial charge in [0.05, 0.1) is 11.0 Å². The molecule has 0 bridgehead atoms. The Kier molecular flexibility index (Phi) is 5.16. The van der Waals surface area contributed by atoms with Crippen molar-refractivity contribution in [3.8, 4) is 0 Å². The molecule has 2 N–H and O–H groups in total. The van der Waals surface area contributed by atoms with E-state index in [0.717, 1.165) is 30.4 Å². The van der Waals surface area contributed by atoms with Crippen LogP contribution in [0.5, 0.6) is 0 Å². The van der Waals surface area contributed by atoms with Crippen molar-refractivity contribution in [1.82, 2.24) is 4.72 Å². The van der Waals surface area contributed by atoms with Gasteiger partial charge in [-0.1, -0.05) is 6.07 Å². The molecule has 1 aliphatic carbocycles. The molecule has 0 unspecified atom stereocenters. The highest BCUT2D eigenvalue weighted by molar-refractivity contribution is 7.89. The number of rotatable bonds is 6. The Morgan fingerprint density at radius 1 is 1.17 bits per heavy atom. The predicted octanol–water partition coefficient (Wildman–Crippen LogP) is 3.03. The second-order valence-corrected chi connectivity index (χ2v) is 8.44. The van der Waals surface area contributed by atoms with Crippen LogP contribution in [0.1, 0.15) is 42.1 Å². The highest BCUT2D eigenvalue weighted by atomic mass is 32.2. The first-order valence-electron chi connectivity index (χ1n) is 7.88. The zero-order valence-electron chi connectivity index (χ0n) is 12.9. The number of sulfonamides is 1. The van der Waals surface area contributed by atoms with Gasteiger partial charge in [0.2, 0.25) is 10.0 Å². The van der Waals surface area contributed by atoms with Crippen LogP contribution in [0.4, 0.5) is 0 Å². The highest BCUT2D eigenvalue weighted by Gasteiger charge is 2.18. The topological polar surface area (TPSA) is 66.4 Å². The third-order valence-corrected chi connectivity index (χ3v) is 6.43. The van der Waals surface area contributed by atoms with E-state index >= 15 is 0 Å². The Labute approximate surface area is 141 Å². The normalized spacial score (nSPS) is 16.0. The van der Waals surface area contributed by atoms with Crippen molar-refractivity contribution in [2.75, 3.05) is 6.54 Å². The van der Waals surface area contributed by atoms with Gasteiger partial charge in [0.1, 0.15) is 0 Å². The molecule has 0 radical (unpaired) electrons. The molecule has 3 rings (SSSR count). The molecular formula is C17H21NO3S2. The smallest absolute Gasteiger partial charge is 0.240 e. The first-order valence-corrected chi connectivity index (χ1v) is 10.3. The van der Waals surface area contributed by atoms with Gasteiger partial charge in [0.25, 0.3) is 0 Å². The van der Waals surface area contributed by atoms with Crippen molar-refractivity contribution >= 4 is 21.4 Å². The highest BCUT2D eigenvalue weighted by Crippen LogP contribution is 2.24. The second-order valence-electron chi connectivity index (χ2n) is 5.90. The summed E-state index contributed by atoms with van der Waals surface area (Å²) >= 11 is 1.52. The van der Waals surface area contributed by atoms with E-state index in [1.165, 1.54) is 23.3 Å². The predicted molar refractivity (Wildman–Crippen MR) is 92.2 cm³/mol. The first kappa shape index (κ1) is 16.6. The number of aryl methyl sites for hydroxylation is 2. The Balaban J connectivity index is 1.63. The van der Waals surface area contributed by atoms with Crippen LogP contribution >= 0.6 is 11.3 Å². The minimum absolute atomic E-state index is 0.219. The summed E-state index contributed by atoms with van der Waals surface area (Å²) in [5.41, 5.74) is 3.25. The zero-order chi connectivity index (χ0) is 16.3. The van der Waals surface area contributed by atoms with Crippen molar-refractivity contribution in [2.24, 2.45) is 0 Å². The Hall–Kier alpha value is -1.21. The van der Waals surface area contributed by atoms with Crippen LogP contribution in [0.2, 0.25) is 0 Å². The lowest BCUT2D eigenvalue weighted by Gasteiger charge is -2.17. The van der Waals surface area contributed by atoms with Gasteiger partial charge in [0.15, 0.2) is 0 Å². The van der Waals surface area contributed by atoms with Gasteiger partial charge >= 0.3 is 0 Å². The average molecular weight is 351 g/mol. The minimum atomic E-state index is -3.52.